The second-order valence-corrected chi connectivity index (χ2v) is 9.98. The van der Waals surface area contributed by atoms with Gasteiger partial charge in [-0.1, -0.05) is 25.0 Å². The Morgan fingerprint density at radius 3 is 2.56 bits per heavy atom. The molecule has 1 saturated carbocycles. The molecule has 2 atom stereocenters. The van der Waals surface area contributed by atoms with Crippen molar-refractivity contribution in [2.24, 2.45) is 0 Å². The van der Waals surface area contributed by atoms with E-state index in [-0.39, 0.29) is 30.4 Å². The van der Waals surface area contributed by atoms with E-state index in [1.54, 1.807) is 42.6 Å². The fourth-order valence-electron chi connectivity index (χ4n) is 4.87. The maximum Gasteiger partial charge on any atom is 0.247 e. The second kappa shape index (κ2) is 11.7. The van der Waals surface area contributed by atoms with E-state index in [1.807, 2.05) is 23.6 Å². The summed E-state index contributed by atoms with van der Waals surface area (Å²) in [6, 6.07) is 8.70. The first-order valence-corrected chi connectivity index (χ1v) is 12.9. The van der Waals surface area contributed by atoms with Gasteiger partial charge in [-0.3, -0.25) is 9.59 Å². The van der Waals surface area contributed by atoms with Gasteiger partial charge in [-0.15, -0.1) is 11.3 Å². The molecule has 4 rings (SSSR count). The van der Waals surface area contributed by atoms with Crippen molar-refractivity contribution in [2.45, 2.75) is 63.1 Å². The first-order chi connectivity index (χ1) is 16.6. The lowest BCUT2D eigenvalue weighted by atomic mass is 10.0. The van der Waals surface area contributed by atoms with Gasteiger partial charge in [-0.25, -0.2) is 0 Å². The second-order valence-electron chi connectivity index (χ2n) is 8.94. The molecule has 1 aromatic carbocycles. The van der Waals surface area contributed by atoms with Crippen LogP contribution in [0.1, 0.15) is 55.0 Å². The fourth-order valence-corrected chi connectivity index (χ4v) is 5.56. The number of carbonyl (C=O) groups is 2. The molecule has 0 bridgehead atoms. The zero-order valence-electron chi connectivity index (χ0n) is 20.0. The molecular weight excluding hydrogens is 452 g/mol. The molecule has 0 radical (unpaired) electrons. The van der Waals surface area contributed by atoms with Gasteiger partial charge < -0.3 is 24.4 Å². The summed E-state index contributed by atoms with van der Waals surface area (Å²) < 4.78 is 16.8. The zero-order valence-corrected chi connectivity index (χ0v) is 20.8. The van der Waals surface area contributed by atoms with E-state index in [0.29, 0.717) is 30.2 Å². The Morgan fingerprint density at radius 2 is 1.91 bits per heavy atom. The van der Waals surface area contributed by atoms with Crippen molar-refractivity contribution in [3.8, 4) is 11.5 Å². The number of thiophene rings is 1. The lowest BCUT2D eigenvalue weighted by Gasteiger charge is -2.34. The number of carbonyl (C=O) groups excluding carboxylic acids is 2. The molecule has 1 aromatic heterocycles. The van der Waals surface area contributed by atoms with Crippen molar-refractivity contribution in [2.75, 3.05) is 27.4 Å². The standard InChI is InChI=1S/C26H34N2O5S/c1-31-22-12-11-18(15-23(22)32-2)25(26(30)27-19-7-3-4-8-19)28(17-20-9-5-13-33-20)24(29)16-21-10-6-14-34-21/h6,10-12,14-15,19-20,25H,3-5,7-9,13,16-17H2,1-2H3,(H,27,30)/t20-,25-/m1/s1. The van der Waals surface area contributed by atoms with Crippen molar-refractivity contribution >= 4 is 23.2 Å². The number of hydrogen-bond acceptors (Lipinski definition) is 6. The number of rotatable bonds is 10. The van der Waals surface area contributed by atoms with Crippen LogP contribution in [0.25, 0.3) is 0 Å². The minimum atomic E-state index is -0.780. The number of benzene rings is 1. The molecule has 2 aromatic rings. The van der Waals surface area contributed by atoms with Crippen LogP contribution < -0.4 is 14.8 Å². The number of methoxy groups -OCH3 is 2. The van der Waals surface area contributed by atoms with Gasteiger partial charge in [0.15, 0.2) is 11.5 Å². The van der Waals surface area contributed by atoms with Crippen molar-refractivity contribution in [3.63, 3.8) is 0 Å². The lowest BCUT2D eigenvalue weighted by Crippen LogP contribution is -2.48. The highest BCUT2D eigenvalue weighted by atomic mass is 32.1. The Balaban J connectivity index is 1.69. The van der Waals surface area contributed by atoms with Gasteiger partial charge in [0.1, 0.15) is 6.04 Å². The van der Waals surface area contributed by atoms with Crippen LogP contribution in [0.15, 0.2) is 35.7 Å². The average Bonchev–Trinajstić information content (AvgIpc) is 3.63. The van der Waals surface area contributed by atoms with Crippen LogP contribution in [0.2, 0.25) is 0 Å². The quantitative estimate of drug-likeness (QED) is 0.547. The van der Waals surface area contributed by atoms with Crippen LogP contribution in [-0.4, -0.2) is 56.2 Å². The minimum Gasteiger partial charge on any atom is -0.493 e. The van der Waals surface area contributed by atoms with Gasteiger partial charge in [0, 0.05) is 24.1 Å². The molecule has 1 N–H and O–H groups in total. The van der Waals surface area contributed by atoms with Crippen molar-refractivity contribution < 1.29 is 23.8 Å². The van der Waals surface area contributed by atoms with E-state index in [0.717, 1.165) is 43.4 Å². The number of nitrogens with one attached hydrogen (secondary N) is 1. The SMILES string of the molecule is COc1ccc([C@H](C(=O)NC2CCCC2)N(C[C@H]2CCCO2)C(=O)Cc2cccs2)cc1OC. The third-order valence-corrected chi connectivity index (χ3v) is 7.51. The molecule has 34 heavy (non-hydrogen) atoms. The maximum absolute atomic E-state index is 13.8. The summed E-state index contributed by atoms with van der Waals surface area (Å²) in [5.41, 5.74) is 0.700. The lowest BCUT2D eigenvalue weighted by molar-refractivity contribution is -0.142. The highest BCUT2D eigenvalue weighted by Gasteiger charge is 2.36. The predicted octanol–water partition coefficient (Wildman–Crippen LogP) is 4.12. The Hall–Kier alpha value is -2.58. The molecule has 2 fully saturated rings. The van der Waals surface area contributed by atoms with Crippen LogP contribution in [0, 0.1) is 0 Å². The highest BCUT2D eigenvalue weighted by molar-refractivity contribution is 7.10. The van der Waals surface area contributed by atoms with Crippen LogP contribution in [0.4, 0.5) is 0 Å². The van der Waals surface area contributed by atoms with Crippen LogP contribution in [0.3, 0.4) is 0 Å². The Labute approximate surface area is 205 Å². The number of ether oxygens (including phenoxy) is 3. The van der Waals surface area contributed by atoms with E-state index >= 15 is 0 Å². The van der Waals surface area contributed by atoms with E-state index < -0.39 is 6.04 Å². The molecule has 2 heterocycles. The third kappa shape index (κ3) is 5.91. The van der Waals surface area contributed by atoms with Crippen LogP contribution >= 0.6 is 11.3 Å². The summed E-state index contributed by atoms with van der Waals surface area (Å²) in [6.45, 7) is 1.06. The third-order valence-electron chi connectivity index (χ3n) is 6.64. The summed E-state index contributed by atoms with van der Waals surface area (Å²) in [7, 11) is 3.15. The first kappa shape index (κ1) is 24.5. The normalized spacial score (nSPS) is 19.1. The topological polar surface area (TPSA) is 77.1 Å². The summed E-state index contributed by atoms with van der Waals surface area (Å²) >= 11 is 1.55. The van der Waals surface area contributed by atoms with E-state index in [2.05, 4.69) is 5.32 Å². The van der Waals surface area contributed by atoms with Crippen molar-refractivity contribution in [1.82, 2.24) is 10.2 Å². The van der Waals surface area contributed by atoms with Gasteiger partial charge in [0.2, 0.25) is 11.8 Å². The molecule has 2 amide bonds. The number of hydrogen-bond donors (Lipinski definition) is 1. The van der Waals surface area contributed by atoms with Gasteiger partial charge >= 0.3 is 0 Å². The van der Waals surface area contributed by atoms with Gasteiger partial charge in [0.25, 0.3) is 0 Å². The monoisotopic (exact) mass is 486 g/mol. The Morgan fingerprint density at radius 1 is 1.12 bits per heavy atom. The number of nitrogens with zero attached hydrogens (tertiary/aromatic N) is 1. The van der Waals surface area contributed by atoms with Gasteiger partial charge in [-0.2, -0.15) is 0 Å². The van der Waals surface area contributed by atoms with Crippen LogP contribution in [-0.2, 0) is 20.7 Å². The van der Waals surface area contributed by atoms with Gasteiger partial charge in [-0.05, 0) is 54.8 Å². The van der Waals surface area contributed by atoms with E-state index in [4.69, 9.17) is 14.2 Å². The summed E-state index contributed by atoms with van der Waals surface area (Å²) in [4.78, 5) is 30.1. The molecule has 0 spiro atoms. The van der Waals surface area contributed by atoms with E-state index in [9.17, 15) is 9.59 Å². The fraction of sp³-hybridized carbons (Fsp3) is 0.538. The Kier molecular flexibility index (Phi) is 8.45. The maximum atomic E-state index is 13.8. The molecule has 2 aliphatic rings. The van der Waals surface area contributed by atoms with E-state index in [1.165, 1.54) is 0 Å². The average molecular weight is 487 g/mol. The zero-order chi connectivity index (χ0) is 23.9. The van der Waals surface area contributed by atoms with Gasteiger partial charge in [0.05, 0.1) is 26.7 Å². The smallest absolute Gasteiger partial charge is 0.247 e. The molecule has 184 valence electrons. The van der Waals surface area contributed by atoms with Crippen molar-refractivity contribution in [3.05, 3.63) is 46.2 Å². The van der Waals surface area contributed by atoms with Crippen LogP contribution in [0.5, 0.6) is 11.5 Å². The molecular formula is C26H34N2O5S. The molecule has 1 aliphatic carbocycles. The molecule has 8 heteroatoms. The first-order valence-electron chi connectivity index (χ1n) is 12.0. The molecule has 7 nitrogen and oxygen atoms in total. The van der Waals surface area contributed by atoms with Crippen molar-refractivity contribution in [1.29, 1.82) is 0 Å². The Bertz CT molecular complexity index is 952. The summed E-state index contributed by atoms with van der Waals surface area (Å²) in [6.07, 6.45) is 6.20. The molecule has 1 aliphatic heterocycles. The predicted molar refractivity (Wildman–Crippen MR) is 131 cm³/mol. The minimum absolute atomic E-state index is 0.0748. The largest absolute Gasteiger partial charge is 0.493 e. The molecule has 1 saturated heterocycles. The summed E-state index contributed by atoms with van der Waals surface area (Å²) in [5.74, 6) is 0.870. The summed E-state index contributed by atoms with van der Waals surface area (Å²) in [5, 5.41) is 5.18. The highest BCUT2D eigenvalue weighted by Crippen LogP contribution is 2.34. The number of amides is 2. The molecule has 0 unspecified atom stereocenters.